The first kappa shape index (κ1) is 16.7. The quantitative estimate of drug-likeness (QED) is 0.770. The van der Waals surface area contributed by atoms with Crippen LogP contribution in [0.5, 0.6) is 0 Å². The van der Waals surface area contributed by atoms with E-state index in [0.717, 1.165) is 16.3 Å². The van der Waals surface area contributed by atoms with Gasteiger partial charge in [-0.25, -0.2) is 4.98 Å². The Bertz CT molecular complexity index is 883. The van der Waals surface area contributed by atoms with Crippen molar-refractivity contribution >= 4 is 28.8 Å². The minimum Gasteiger partial charge on any atom is -0.345 e. The van der Waals surface area contributed by atoms with Gasteiger partial charge in [-0.1, -0.05) is 41.4 Å². The summed E-state index contributed by atoms with van der Waals surface area (Å²) in [6.07, 6.45) is 0. The number of halogens is 1. The van der Waals surface area contributed by atoms with Gasteiger partial charge in [0, 0.05) is 18.0 Å². The number of hydrogen-bond donors (Lipinski definition) is 1. The molecule has 0 aliphatic heterocycles. The van der Waals surface area contributed by atoms with Gasteiger partial charge in [0.25, 0.3) is 5.91 Å². The second kappa shape index (κ2) is 6.75. The molecule has 0 saturated heterocycles. The minimum absolute atomic E-state index is 0.256. The maximum absolute atomic E-state index is 12.3. The highest BCUT2D eigenvalue weighted by Crippen LogP contribution is 2.24. The zero-order valence-corrected chi connectivity index (χ0v) is 15.2. The fraction of sp³-hybridized carbons (Fsp3) is 0.235. The fourth-order valence-electron chi connectivity index (χ4n) is 2.35. The topological polar surface area (TPSA) is 59.8 Å². The van der Waals surface area contributed by atoms with E-state index in [-0.39, 0.29) is 5.91 Å². The van der Waals surface area contributed by atoms with E-state index in [1.54, 1.807) is 25.3 Å². The number of thiazole rings is 1. The minimum atomic E-state index is -0.256. The highest BCUT2D eigenvalue weighted by Gasteiger charge is 2.18. The van der Waals surface area contributed by atoms with E-state index < -0.39 is 0 Å². The van der Waals surface area contributed by atoms with Crippen LogP contribution in [-0.2, 0) is 13.6 Å². The molecule has 3 rings (SSSR count). The third kappa shape index (κ3) is 3.34. The summed E-state index contributed by atoms with van der Waals surface area (Å²) in [6.45, 7) is 4.17. The largest absolute Gasteiger partial charge is 0.345 e. The van der Waals surface area contributed by atoms with Crippen LogP contribution in [0.2, 0.25) is 5.02 Å². The number of nitrogens with zero attached hydrogens (tertiary/aromatic N) is 3. The van der Waals surface area contributed by atoms with E-state index in [2.05, 4.69) is 46.6 Å². The van der Waals surface area contributed by atoms with Crippen LogP contribution in [0.15, 0.2) is 29.6 Å². The Hall–Kier alpha value is -2.18. The Kier molecular flexibility index (Phi) is 4.69. The Labute approximate surface area is 149 Å². The van der Waals surface area contributed by atoms with Crippen molar-refractivity contribution in [1.82, 2.24) is 20.1 Å². The van der Waals surface area contributed by atoms with Crippen LogP contribution in [0.3, 0.4) is 0 Å². The van der Waals surface area contributed by atoms with Crippen molar-refractivity contribution in [2.24, 2.45) is 7.05 Å². The molecule has 5 nitrogen and oxygen atoms in total. The molecular weight excluding hydrogens is 344 g/mol. The van der Waals surface area contributed by atoms with Crippen LogP contribution in [-0.4, -0.2) is 20.7 Å². The molecule has 0 aliphatic rings. The first-order chi connectivity index (χ1) is 11.5. The highest BCUT2D eigenvalue weighted by atomic mass is 35.5. The first-order valence-corrected chi connectivity index (χ1v) is 8.70. The summed E-state index contributed by atoms with van der Waals surface area (Å²) in [5.74, 6) is -0.256. The summed E-state index contributed by atoms with van der Waals surface area (Å²) in [5, 5.41) is 10.3. The third-order valence-electron chi connectivity index (χ3n) is 3.64. The number of aromatic nitrogens is 3. The van der Waals surface area contributed by atoms with Crippen molar-refractivity contribution in [2.75, 3.05) is 0 Å². The zero-order chi connectivity index (χ0) is 17.3. The Morgan fingerprint density at radius 2 is 2.00 bits per heavy atom. The molecule has 1 aromatic carbocycles. The molecule has 0 atom stereocenters. The molecule has 2 aromatic heterocycles. The lowest BCUT2D eigenvalue weighted by Crippen LogP contribution is -2.25. The number of nitrogens with one attached hydrogen (secondary N) is 1. The SMILES string of the molecule is Cc1ccc(-c2nc(CNC(=O)c3c(Cl)c(C)nn3C)cs2)cc1. The maximum atomic E-state index is 12.3. The van der Waals surface area contributed by atoms with Gasteiger partial charge in [-0.15, -0.1) is 11.3 Å². The molecule has 0 aliphatic carbocycles. The first-order valence-electron chi connectivity index (χ1n) is 7.44. The summed E-state index contributed by atoms with van der Waals surface area (Å²) >= 11 is 7.69. The average Bonchev–Trinajstić information content (AvgIpc) is 3.11. The summed E-state index contributed by atoms with van der Waals surface area (Å²) < 4.78 is 1.49. The molecule has 3 aromatic rings. The van der Waals surface area contributed by atoms with E-state index in [9.17, 15) is 4.79 Å². The van der Waals surface area contributed by atoms with E-state index in [1.807, 2.05) is 5.38 Å². The number of amides is 1. The second-order valence-electron chi connectivity index (χ2n) is 5.56. The number of carbonyl (C=O) groups excluding carboxylic acids is 1. The molecule has 2 heterocycles. The van der Waals surface area contributed by atoms with Gasteiger partial charge in [0.2, 0.25) is 0 Å². The van der Waals surface area contributed by atoms with Gasteiger partial charge < -0.3 is 5.32 Å². The van der Waals surface area contributed by atoms with Gasteiger partial charge in [-0.2, -0.15) is 5.10 Å². The summed E-state index contributed by atoms with van der Waals surface area (Å²) in [5.41, 5.74) is 4.11. The van der Waals surface area contributed by atoms with Crippen LogP contribution in [0.4, 0.5) is 0 Å². The Morgan fingerprint density at radius 1 is 1.29 bits per heavy atom. The number of hydrogen-bond acceptors (Lipinski definition) is 4. The molecule has 0 fully saturated rings. The van der Waals surface area contributed by atoms with Crippen molar-refractivity contribution in [2.45, 2.75) is 20.4 Å². The van der Waals surface area contributed by atoms with Crippen molar-refractivity contribution in [3.63, 3.8) is 0 Å². The molecule has 24 heavy (non-hydrogen) atoms. The number of rotatable bonds is 4. The van der Waals surface area contributed by atoms with Crippen molar-refractivity contribution in [3.05, 3.63) is 57.3 Å². The molecule has 1 N–H and O–H groups in total. The predicted molar refractivity (Wildman–Crippen MR) is 96.4 cm³/mol. The molecule has 1 amide bonds. The Morgan fingerprint density at radius 3 is 2.62 bits per heavy atom. The van der Waals surface area contributed by atoms with Crippen molar-refractivity contribution in [3.8, 4) is 10.6 Å². The predicted octanol–water partition coefficient (Wildman–Crippen LogP) is 3.74. The lowest BCUT2D eigenvalue weighted by Gasteiger charge is -2.04. The van der Waals surface area contributed by atoms with Crippen LogP contribution >= 0.6 is 22.9 Å². The number of carbonyl (C=O) groups is 1. The van der Waals surface area contributed by atoms with Crippen LogP contribution in [0, 0.1) is 13.8 Å². The van der Waals surface area contributed by atoms with Crippen molar-refractivity contribution in [1.29, 1.82) is 0 Å². The van der Waals surface area contributed by atoms with E-state index in [0.29, 0.717) is 23.0 Å². The molecule has 0 spiro atoms. The van der Waals surface area contributed by atoms with Crippen LogP contribution < -0.4 is 5.32 Å². The van der Waals surface area contributed by atoms with E-state index in [4.69, 9.17) is 11.6 Å². The van der Waals surface area contributed by atoms with Gasteiger partial charge >= 0.3 is 0 Å². The average molecular weight is 361 g/mol. The molecule has 0 radical (unpaired) electrons. The van der Waals surface area contributed by atoms with E-state index in [1.165, 1.54) is 10.2 Å². The molecule has 0 saturated carbocycles. The van der Waals surface area contributed by atoms with Gasteiger partial charge in [-0.05, 0) is 13.8 Å². The Balaban J connectivity index is 1.69. The van der Waals surface area contributed by atoms with Crippen LogP contribution in [0.25, 0.3) is 10.6 Å². The zero-order valence-electron chi connectivity index (χ0n) is 13.6. The van der Waals surface area contributed by atoms with Crippen molar-refractivity contribution < 1.29 is 4.79 Å². The van der Waals surface area contributed by atoms with Crippen LogP contribution in [0.1, 0.15) is 27.4 Å². The molecule has 0 bridgehead atoms. The smallest absolute Gasteiger partial charge is 0.271 e. The lowest BCUT2D eigenvalue weighted by molar-refractivity contribution is 0.0941. The molecule has 124 valence electrons. The second-order valence-corrected chi connectivity index (χ2v) is 6.80. The molecule has 0 unspecified atom stereocenters. The highest BCUT2D eigenvalue weighted by molar-refractivity contribution is 7.13. The summed E-state index contributed by atoms with van der Waals surface area (Å²) in [7, 11) is 1.70. The van der Waals surface area contributed by atoms with Gasteiger partial charge in [0.15, 0.2) is 0 Å². The maximum Gasteiger partial charge on any atom is 0.271 e. The fourth-order valence-corrected chi connectivity index (χ4v) is 3.42. The third-order valence-corrected chi connectivity index (χ3v) is 5.04. The van der Waals surface area contributed by atoms with Gasteiger partial charge in [0.05, 0.1) is 23.0 Å². The molecular formula is C17H17ClN4OS. The molecule has 7 heteroatoms. The lowest BCUT2D eigenvalue weighted by atomic mass is 10.2. The number of benzene rings is 1. The standard InChI is InChI=1S/C17H17ClN4OS/c1-10-4-6-12(7-5-10)17-20-13(9-24-17)8-19-16(23)15-14(18)11(2)21-22(15)3/h4-7,9H,8H2,1-3H3,(H,19,23). The summed E-state index contributed by atoms with van der Waals surface area (Å²) in [6, 6.07) is 8.22. The van der Waals surface area contributed by atoms with E-state index >= 15 is 0 Å². The number of aryl methyl sites for hydroxylation is 3. The van der Waals surface area contributed by atoms with Gasteiger partial charge in [-0.3, -0.25) is 9.48 Å². The summed E-state index contributed by atoms with van der Waals surface area (Å²) in [4.78, 5) is 16.9. The van der Waals surface area contributed by atoms with Gasteiger partial charge in [0.1, 0.15) is 10.7 Å². The normalized spacial score (nSPS) is 10.8. The monoisotopic (exact) mass is 360 g/mol.